The van der Waals surface area contributed by atoms with E-state index in [2.05, 4.69) is 20.8 Å². The van der Waals surface area contributed by atoms with Crippen molar-refractivity contribution in [3.05, 3.63) is 40.7 Å². The number of urea groups is 1. The first kappa shape index (κ1) is 13.8. The van der Waals surface area contributed by atoms with Gasteiger partial charge in [-0.3, -0.25) is 0 Å². The van der Waals surface area contributed by atoms with Crippen molar-refractivity contribution in [1.29, 1.82) is 0 Å². The highest BCUT2D eigenvalue weighted by Gasteiger charge is 2.17. The number of hydrogen-bond donors (Lipinski definition) is 2. The Balaban J connectivity index is 1.58. The molecule has 8 heteroatoms. The molecule has 0 fully saturated rings. The van der Waals surface area contributed by atoms with Gasteiger partial charge in [-0.05, 0) is 24.6 Å². The number of carbonyl (C=O) groups is 1. The monoisotopic (exact) mass is 309 g/mol. The van der Waals surface area contributed by atoms with Crippen molar-refractivity contribution in [2.45, 2.75) is 25.9 Å². The number of aromatic nitrogens is 3. The highest BCUT2D eigenvalue weighted by molar-refractivity contribution is 6.31. The number of nitrogens with one attached hydrogen (secondary N) is 2. The van der Waals surface area contributed by atoms with E-state index in [1.807, 2.05) is 4.57 Å². The largest absolute Gasteiger partial charge is 0.331 e. The Hall–Kier alpha value is -2.15. The third-order valence-electron chi connectivity index (χ3n) is 3.27. The summed E-state index contributed by atoms with van der Waals surface area (Å²) in [4.78, 5) is 11.8. The Kier molecular flexibility index (Phi) is 3.74. The summed E-state index contributed by atoms with van der Waals surface area (Å²) in [7, 11) is 0. The predicted octanol–water partition coefficient (Wildman–Crippen LogP) is 2.34. The molecule has 0 atom stereocenters. The summed E-state index contributed by atoms with van der Waals surface area (Å²) in [6, 6.07) is 3.58. The summed E-state index contributed by atoms with van der Waals surface area (Å²) in [5.74, 6) is 1.16. The molecule has 2 amide bonds. The molecule has 110 valence electrons. The Bertz CT molecular complexity index is 687. The molecule has 1 aliphatic heterocycles. The molecule has 0 unspecified atom stereocenters. The van der Waals surface area contributed by atoms with Crippen LogP contribution in [-0.2, 0) is 19.5 Å². The molecule has 1 aromatic carbocycles. The number of nitrogens with zero attached hydrogens (tertiary/aromatic N) is 3. The molecule has 2 N–H and O–H groups in total. The van der Waals surface area contributed by atoms with Crippen LogP contribution in [0.25, 0.3) is 0 Å². The van der Waals surface area contributed by atoms with Crippen LogP contribution in [0.15, 0.2) is 18.2 Å². The molecule has 1 aliphatic rings. The molecule has 2 aromatic rings. The second-order valence-electron chi connectivity index (χ2n) is 4.72. The van der Waals surface area contributed by atoms with Crippen molar-refractivity contribution in [3.8, 4) is 0 Å². The van der Waals surface area contributed by atoms with Crippen LogP contribution in [0.5, 0.6) is 0 Å². The highest BCUT2D eigenvalue weighted by Crippen LogP contribution is 2.19. The minimum atomic E-state index is -0.526. The summed E-state index contributed by atoms with van der Waals surface area (Å²) >= 11 is 5.65. The second kappa shape index (κ2) is 5.69. The summed E-state index contributed by atoms with van der Waals surface area (Å²) in [6.45, 7) is 1.17. The lowest BCUT2D eigenvalue weighted by Gasteiger charge is -2.08. The zero-order valence-electron chi connectivity index (χ0n) is 11.1. The smallest absolute Gasteiger partial charge is 0.319 e. The van der Waals surface area contributed by atoms with E-state index in [0.29, 0.717) is 5.69 Å². The van der Waals surface area contributed by atoms with Crippen LogP contribution in [0.2, 0.25) is 5.02 Å². The molecule has 1 aromatic heterocycles. The highest BCUT2D eigenvalue weighted by atomic mass is 35.5. The fourth-order valence-corrected chi connectivity index (χ4v) is 2.43. The van der Waals surface area contributed by atoms with Crippen molar-refractivity contribution < 1.29 is 9.18 Å². The average molecular weight is 310 g/mol. The van der Waals surface area contributed by atoms with E-state index in [1.165, 1.54) is 18.2 Å². The lowest BCUT2D eigenvalue weighted by atomic mass is 10.3. The van der Waals surface area contributed by atoms with Crippen molar-refractivity contribution in [2.24, 2.45) is 0 Å². The third kappa shape index (κ3) is 2.97. The maximum Gasteiger partial charge on any atom is 0.319 e. The maximum atomic E-state index is 13.0. The number of fused-ring (bicyclic) bond motifs is 1. The number of amides is 2. The quantitative estimate of drug-likeness (QED) is 0.914. The predicted molar refractivity (Wildman–Crippen MR) is 75.6 cm³/mol. The third-order valence-corrected chi connectivity index (χ3v) is 3.56. The number of aryl methyl sites for hydroxylation is 1. The van der Waals surface area contributed by atoms with Gasteiger partial charge in [-0.15, -0.1) is 10.2 Å². The number of benzene rings is 1. The Morgan fingerprint density at radius 1 is 1.43 bits per heavy atom. The minimum absolute atomic E-state index is 0.0388. The van der Waals surface area contributed by atoms with Gasteiger partial charge in [0.05, 0.1) is 11.6 Å². The number of rotatable bonds is 3. The normalized spacial score (nSPS) is 13.0. The average Bonchev–Trinajstić information content (AvgIpc) is 3.04. The first-order valence-electron chi connectivity index (χ1n) is 6.54. The van der Waals surface area contributed by atoms with Crippen LogP contribution in [0.4, 0.5) is 14.9 Å². The van der Waals surface area contributed by atoms with Gasteiger partial charge in [-0.2, -0.15) is 0 Å². The van der Waals surface area contributed by atoms with Gasteiger partial charge in [0.25, 0.3) is 0 Å². The van der Waals surface area contributed by atoms with E-state index >= 15 is 0 Å². The van der Waals surface area contributed by atoms with Gasteiger partial charge in [0, 0.05) is 18.7 Å². The van der Waals surface area contributed by atoms with Crippen LogP contribution >= 0.6 is 11.6 Å². The van der Waals surface area contributed by atoms with E-state index in [0.717, 1.165) is 31.0 Å². The molecule has 21 heavy (non-hydrogen) atoms. The summed E-state index contributed by atoms with van der Waals surface area (Å²) < 4.78 is 15.0. The molecule has 3 rings (SSSR count). The zero-order chi connectivity index (χ0) is 14.8. The molecule has 0 radical (unpaired) electrons. The van der Waals surface area contributed by atoms with Crippen molar-refractivity contribution in [2.75, 3.05) is 5.32 Å². The van der Waals surface area contributed by atoms with Gasteiger partial charge >= 0.3 is 6.03 Å². The van der Waals surface area contributed by atoms with Gasteiger partial charge in [-0.1, -0.05) is 11.6 Å². The molecule has 0 aliphatic carbocycles. The van der Waals surface area contributed by atoms with Crippen molar-refractivity contribution in [1.82, 2.24) is 20.1 Å². The Morgan fingerprint density at radius 3 is 3.10 bits per heavy atom. The van der Waals surface area contributed by atoms with Crippen LogP contribution in [0.1, 0.15) is 18.1 Å². The lowest BCUT2D eigenvalue weighted by Crippen LogP contribution is -2.29. The summed E-state index contributed by atoms with van der Waals surface area (Å²) in [6.07, 6.45) is 1.98. The maximum absolute atomic E-state index is 13.0. The summed E-state index contributed by atoms with van der Waals surface area (Å²) in [5, 5.41) is 13.3. The van der Waals surface area contributed by atoms with Gasteiger partial charge in [-0.25, -0.2) is 9.18 Å². The van der Waals surface area contributed by atoms with Crippen molar-refractivity contribution >= 4 is 23.3 Å². The second-order valence-corrected chi connectivity index (χ2v) is 5.13. The molecular formula is C13H13ClFN5O. The fraction of sp³-hybridized carbons (Fsp3) is 0.308. The molecule has 0 saturated heterocycles. The first-order chi connectivity index (χ1) is 10.1. The Labute approximate surface area is 125 Å². The SMILES string of the molecule is O=C(NCc1nnc2n1CCC2)Nc1ccc(F)c(Cl)c1. The topological polar surface area (TPSA) is 71.8 Å². The van der Waals surface area contributed by atoms with Gasteiger partial charge in [0.15, 0.2) is 5.82 Å². The standard InChI is InChI=1S/C13H13ClFN5O/c14-9-6-8(3-4-10(9)15)17-13(21)16-7-12-19-18-11-2-1-5-20(11)12/h3-4,6H,1-2,5,7H2,(H2,16,17,21). The number of hydrogen-bond acceptors (Lipinski definition) is 3. The van der Waals surface area contributed by atoms with Crippen LogP contribution in [-0.4, -0.2) is 20.8 Å². The molecule has 6 nitrogen and oxygen atoms in total. The zero-order valence-corrected chi connectivity index (χ0v) is 11.8. The van der Waals surface area contributed by atoms with Crippen LogP contribution in [0.3, 0.4) is 0 Å². The van der Waals surface area contributed by atoms with Crippen molar-refractivity contribution in [3.63, 3.8) is 0 Å². The van der Waals surface area contributed by atoms with E-state index in [9.17, 15) is 9.18 Å². The molecule has 0 saturated carbocycles. The van der Waals surface area contributed by atoms with E-state index in [4.69, 9.17) is 11.6 Å². The fourth-order valence-electron chi connectivity index (χ4n) is 2.25. The number of halogens is 2. The van der Waals surface area contributed by atoms with E-state index < -0.39 is 11.8 Å². The van der Waals surface area contributed by atoms with Crippen LogP contribution in [0, 0.1) is 5.82 Å². The number of carbonyl (C=O) groups excluding carboxylic acids is 1. The molecule has 2 heterocycles. The van der Waals surface area contributed by atoms with Gasteiger partial charge in [0.2, 0.25) is 0 Å². The van der Waals surface area contributed by atoms with Gasteiger partial charge < -0.3 is 15.2 Å². The van der Waals surface area contributed by atoms with E-state index in [1.54, 1.807) is 0 Å². The lowest BCUT2D eigenvalue weighted by molar-refractivity contribution is 0.251. The molecule has 0 spiro atoms. The molecular weight excluding hydrogens is 297 g/mol. The van der Waals surface area contributed by atoms with Gasteiger partial charge in [0.1, 0.15) is 11.6 Å². The van der Waals surface area contributed by atoms with Crippen LogP contribution < -0.4 is 10.6 Å². The molecule has 0 bridgehead atoms. The summed E-state index contributed by atoms with van der Waals surface area (Å²) in [5.41, 5.74) is 0.422. The first-order valence-corrected chi connectivity index (χ1v) is 6.92. The minimum Gasteiger partial charge on any atom is -0.331 e. The van der Waals surface area contributed by atoms with E-state index in [-0.39, 0.29) is 11.6 Å². The number of anilines is 1. The Morgan fingerprint density at radius 2 is 2.29 bits per heavy atom.